The highest BCUT2D eigenvalue weighted by Gasteiger charge is 2.13. The number of nitrogens with one attached hydrogen (secondary N) is 1. The van der Waals surface area contributed by atoms with Gasteiger partial charge in [0.1, 0.15) is 0 Å². The molecule has 1 atom stereocenters. The minimum absolute atomic E-state index is 0.0986. The van der Waals surface area contributed by atoms with Crippen LogP contribution in [0.5, 0.6) is 0 Å². The molecule has 0 saturated carbocycles. The molecule has 2 aromatic rings. The van der Waals surface area contributed by atoms with E-state index in [-0.39, 0.29) is 11.9 Å². The number of carbonyl (C=O) groups is 1. The van der Waals surface area contributed by atoms with Gasteiger partial charge < -0.3 is 5.32 Å². The van der Waals surface area contributed by atoms with Crippen molar-refractivity contribution in [2.75, 3.05) is 0 Å². The Balaban J connectivity index is 2.09. The number of amides is 1. The molecule has 0 heterocycles. The Kier molecular flexibility index (Phi) is 5.21. The summed E-state index contributed by atoms with van der Waals surface area (Å²) < 4.78 is 0. The van der Waals surface area contributed by atoms with E-state index in [1.807, 2.05) is 55.5 Å². The number of carbonyl (C=O) groups excluding carboxylic acids is 1. The molecule has 104 valence electrons. The molecular weight excluding hydrogens is 338 g/mol. The quantitative estimate of drug-likeness (QED) is 0.792. The fraction of sp³-hybridized carbons (Fsp3) is 0.188. The molecule has 0 fully saturated rings. The summed E-state index contributed by atoms with van der Waals surface area (Å²) in [6.45, 7) is 1.92. The SMILES string of the molecule is C[C@H](NC(=O)c1ccc(CBr)cc1)c1ccccc1Cl. The van der Waals surface area contributed by atoms with E-state index in [0.29, 0.717) is 10.6 Å². The highest BCUT2D eigenvalue weighted by Crippen LogP contribution is 2.22. The van der Waals surface area contributed by atoms with Crippen molar-refractivity contribution < 1.29 is 4.79 Å². The Morgan fingerprint density at radius 2 is 1.85 bits per heavy atom. The van der Waals surface area contributed by atoms with Crippen LogP contribution in [0.4, 0.5) is 0 Å². The van der Waals surface area contributed by atoms with Gasteiger partial charge in [-0.15, -0.1) is 0 Å². The lowest BCUT2D eigenvalue weighted by molar-refractivity contribution is 0.0940. The van der Waals surface area contributed by atoms with Gasteiger partial charge in [-0.2, -0.15) is 0 Å². The topological polar surface area (TPSA) is 29.1 Å². The zero-order valence-electron chi connectivity index (χ0n) is 11.1. The molecule has 0 spiro atoms. The van der Waals surface area contributed by atoms with E-state index in [9.17, 15) is 4.79 Å². The van der Waals surface area contributed by atoms with Gasteiger partial charge in [0.25, 0.3) is 5.91 Å². The summed E-state index contributed by atoms with van der Waals surface area (Å²) >= 11 is 9.51. The average molecular weight is 353 g/mol. The third kappa shape index (κ3) is 3.62. The van der Waals surface area contributed by atoms with Gasteiger partial charge in [-0.1, -0.05) is 57.9 Å². The number of halogens is 2. The van der Waals surface area contributed by atoms with E-state index in [4.69, 9.17) is 11.6 Å². The minimum atomic E-state index is -0.132. The molecule has 0 aromatic heterocycles. The zero-order chi connectivity index (χ0) is 14.5. The van der Waals surface area contributed by atoms with E-state index in [1.54, 1.807) is 0 Å². The first-order valence-corrected chi connectivity index (χ1v) is 7.82. The maximum atomic E-state index is 12.2. The second-order valence-electron chi connectivity index (χ2n) is 4.55. The number of benzene rings is 2. The van der Waals surface area contributed by atoms with Crippen LogP contribution in [0.15, 0.2) is 48.5 Å². The number of alkyl halides is 1. The van der Waals surface area contributed by atoms with Crippen LogP contribution in [0.2, 0.25) is 5.02 Å². The summed E-state index contributed by atoms with van der Waals surface area (Å²) in [6, 6.07) is 14.9. The highest BCUT2D eigenvalue weighted by molar-refractivity contribution is 9.08. The second-order valence-corrected chi connectivity index (χ2v) is 5.52. The van der Waals surface area contributed by atoms with E-state index in [0.717, 1.165) is 16.5 Å². The normalized spacial score (nSPS) is 11.9. The molecule has 1 amide bonds. The van der Waals surface area contributed by atoms with Gasteiger partial charge in [-0.3, -0.25) is 4.79 Å². The van der Waals surface area contributed by atoms with Crippen LogP contribution in [0.3, 0.4) is 0 Å². The Labute approximate surface area is 132 Å². The molecule has 2 aromatic carbocycles. The molecule has 2 rings (SSSR count). The number of hydrogen-bond acceptors (Lipinski definition) is 1. The largest absolute Gasteiger partial charge is 0.345 e. The maximum Gasteiger partial charge on any atom is 0.251 e. The van der Waals surface area contributed by atoms with Crippen LogP contribution in [0.1, 0.15) is 34.5 Å². The molecule has 0 saturated heterocycles. The van der Waals surface area contributed by atoms with Crippen molar-refractivity contribution in [3.8, 4) is 0 Å². The standard InChI is InChI=1S/C16H15BrClNO/c1-11(14-4-2-3-5-15(14)18)19-16(20)13-8-6-12(10-17)7-9-13/h2-9,11H,10H2,1H3,(H,19,20)/t11-/m0/s1. The second kappa shape index (κ2) is 6.91. The zero-order valence-corrected chi connectivity index (χ0v) is 13.4. The Hall–Kier alpha value is -1.32. The summed E-state index contributed by atoms with van der Waals surface area (Å²) in [7, 11) is 0. The first-order chi connectivity index (χ1) is 9.61. The van der Waals surface area contributed by atoms with Gasteiger partial charge in [0.15, 0.2) is 0 Å². The van der Waals surface area contributed by atoms with E-state index in [1.165, 1.54) is 0 Å². The predicted octanol–water partition coefficient (Wildman–Crippen LogP) is 4.73. The van der Waals surface area contributed by atoms with Gasteiger partial charge in [0.2, 0.25) is 0 Å². The van der Waals surface area contributed by atoms with Crippen molar-refractivity contribution in [3.05, 3.63) is 70.2 Å². The monoisotopic (exact) mass is 351 g/mol. The summed E-state index contributed by atoms with van der Waals surface area (Å²) in [4.78, 5) is 12.2. The van der Waals surface area contributed by atoms with Gasteiger partial charge in [-0.25, -0.2) is 0 Å². The molecule has 0 aliphatic rings. The Morgan fingerprint density at radius 3 is 2.45 bits per heavy atom. The van der Waals surface area contributed by atoms with Crippen LogP contribution >= 0.6 is 27.5 Å². The third-order valence-corrected chi connectivity index (χ3v) is 4.08. The lowest BCUT2D eigenvalue weighted by Gasteiger charge is -2.15. The van der Waals surface area contributed by atoms with E-state index in [2.05, 4.69) is 21.2 Å². The highest BCUT2D eigenvalue weighted by atomic mass is 79.9. The fourth-order valence-electron chi connectivity index (χ4n) is 1.93. The maximum absolute atomic E-state index is 12.2. The van der Waals surface area contributed by atoms with Crippen LogP contribution in [0, 0.1) is 0 Å². The first kappa shape index (κ1) is 15.1. The molecule has 0 aliphatic carbocycles. The lowest BCUT2D eigenvalue weighted by Crippen LogP contribution is -2.26. The Bertz CT molecular complexity index is 598. The fourth-order valence-corrected chi connectivity index (χ4v) is 2.60. The van der Waals surface area contributed by atoms with Gasteiger partial charge in [0, 0.05) is 15.9 Å². The van der Waals surface area contributed by atoms with Crippen molar-refractivity contribution in [1.82, 2.24) is 5.32 Å². The molecule has 0 bridgehead atoms. The summed E-state index contributed by atoms with van der Waals surface area (Å²) in [5.74, 6) is -0.0986. The smallest absolute Gasteiger partial charge is 0.251 e. The molecule has 4 heteroatoms. The third-order valence-electron chi connectivity index (χ3n) is 3.09. The molecule has 1 N–H and O–H groups in total. The van der Waals surface area contributed by atoms with E-state index >= 15 is 0 Å². The van der Waals surface area contributed by atoms with Crippen LogP contribution in [-0.4, -0.2) is 5.91 Å². The van der Waals surface area contributed by atoms with Crippen LogP contribution < -0.4 is 5.32 Å². The van der Waals surface area contributed by atoms with Gasteiger partial charge in [0.05, 0.1) is 6.04 Å². The van der Waals surface area contributed by atoms with E-state index < -0.39 is 0 Å². The molecular formula is C16H15BrClNO. The average Bonchev–Trinajstić information content (AvgIpc) is 2.47. The van der Waals surface area contributed by atoms with Crippen molar-refractivity contribution in [2.45, 2.75) is 18.3 Å². The molecule has 0 aliphatic heterocycles. The molecule has 0 unspecified atom stereocenters. The first-order valence-electron chi connectivity index (χ1n) is 6.32. The number of hydrogen-bond donors (Lipinski definition) is 1. The van der Waals surface area contributed by atoms with Crippen LogP contribution in [-0.2, 0) is 5.33 Å². The summed E-state index contributed by atoms with van der Waals surface area (Å²) in [5.41, 5.74) is 2.70. The predicted molar refractivity (Wildman–Crippen MR) is 86.4 cm³/mol. The molecule has 20 heavy (non-hydrogen) atoms. The van der Waals surface area contributed by atoms with Crippen molar-refractivity contribution in [2.24, 2.45) is 0 Å². The van der Waals surface area contributed by atoms with Gasteiger partial charge in [-0.05, 0) is 36.2 Å². The van der Waals surface area contributed by atoms with Crippen molar-refractivity contribution in [3.63, 3.8) is 0 Å². The summed E-state index contributed by atoms with van der Waals surface area (Å²) in [6.07, 6.45) is 0. The lowest BCUT2D eigenvalue weighted by atomic mass is 10.1. The van der Waals surface area contributed by atoms with Crippen molar-refractivity contribution in [1.29, 1.82) is 0 Å². The minimum Gasteiger partial charge on any atom is -0.345 e. The molecule has 2 nitrogen and oxygen atoms in total. The number of rotatable bonds is 4. The molecule has 0 radical (unpaired) electrons. The summed E-state index contributed by atoms with van der Waals surface area (Å²) in [5, 5.41) is 4.40. The Morgan fingerprint density at radius 1 is 1.20 bits per heavy atom. The van der Waals surface area contributed by atoms with Crippen LogP contribution in [0.25, 0.3) is 0 Å². The van der Waals surface area contributed by atoms with Crippen molar-refractivity contribution >= 4 is 33.4 Å². The van der Waals surface area contributed by atoms with Gasteiger partial charge >= 0.3 is 0 Å².